The van der Waals surface area contributed by atoms with Gasteiger partial charge in [-0.25, -0.2) is 8.42 Å². The van der Waals surface area contributed by atoms with Crippen LogP contribution in [0.3, 0.4) is 0 Å². The molecule has 2 aromatic rings. The predicted molar refractivity (Wildman–Crippen MR) is 101 cm³/mol. The summed E-state index contributed by atoms with van der Waals surface area (Å²) in [6.45, 7) is 3.61. The van der Waals surface area contributed by atoms with Crippen LogP contribution in [-0.4, -0.2) is 44.9 Å². The molecule has 0 aromatic heterocycles. The number of benzene rings is 2. The molecule has 2 aromatic carbocycles. The summed E-state index contributed by atoms with van der Waals surface area (Å²) in [5.41, 5.74) is 2.98. The molecule has 0 atom stereocenters. The zero-order valence-electron chi connectivity index (χ0n) is 14.6. The van der Waals surface area contributed by atoms with Crippen LogP contribution in [0.15, 0.2) is 48.5 Å². The largest absolute Gasteiger partial charge is 0.379 e. The van der Waals surface area contributed by atoms with Gasteiger partial charge in [-0.1, -0.05) is 29.8 Å². The van der Waals surface area contributed by atoms with Crippen LogP contribution in [0.25, 0.3) is 0 Å². The molecule has 0 saturated carbocycles. The minimum absolute atomic E-state index is 0.0765. The minimum Gasteiger partial charge on any atom is -0.379 e. The molecule has 1 saturated heterocycles. The van der Waals surface area contributed by atoms with Crippen molar-refractivity contribution in [3.8, 4) is 0 Å². The lowest BCUT2D eigenvalue weighted by Gasteiger charge is -2.26. The summed E-state index contributed by atoms with van der Waals surface area (Å²) in [6.07, 6.45) is 0. The minimum atomic E-state index is -3.37. The van der Waals surface area contributed by atoms with Gasteiger partial charge in [-0.05, 0) is 36.8 Å². The molecular weight excluding hydrogens is 352 g/mol. The molecule has 138 valence electrons. The average Bonchev–Trinajstić information content (AvgIpc) is 2.64. The van der Waals surface area contributed by atoms with Gasteiger partial charge in [-0.2, -0.15) is 4.31 Å². The fourth-order valence-corrected chi connectivity index (χ4v) is 4.22. The Morgan fingerprint density at radius 1 is 1.04 bits per heavy atom. The Morgan fingerprint density at radius 3 is 2.27 bits per heavy atom. The van der Waals surface area contributed by atoms with Crippen LogP contribution >= 0.6 is 0 Å². The lowest BCUT2D eigenvalue weighted by atomic mass is 10.1. The quantitative estimate of drug-likeness (QED) is 0.872. The number of carbonyl (C=O) groups excluding carboxylic acids is 1. The van der Waals surface area contributed by atoms with Crippen molar-refractivity contribution >= 4 is 21.6 Å². The molecule has 1 aliphatic rings. The topological polar surface area (TPSA) is 75.7 Å². The van der Waals surface area contributed by atoms with Gasteiger partial charge in [0.2, 0.25) is 10.0 Å². The Hall–Kier alpha value is -2.22. The van der Waals surface area contributed by atoms with Crippen molar-refractivity contribution in [2.45, 2.75) is 12.7 Å². The summed E-state index contributed by atoms with van der Waals surface area (Å²) in [5, 5.41) is 2.83. The van der Waals surface area contributed by atoms with Crippen molar-refractivity contribution in [3.63, 3.8) is 0 Å². The van der Waals surface area contributed by atoms with E-state index in [9.17, 15) is 13.2 Å². The fourth-order valence-electron chi connectivity index (χ4n) is 2.72. The molecule has 0 aliphatic carbocycles. The summed E-state index contributed by atoms with van der Waals surface area (Å²) in [5.74, 6) is -0.302. The SMILES string of the molecule is Cc1ccc(NC(=O)c2ccc(CS(=O)(=O)N3CCOCC3)cc2)cc1. The molecule has 26 heavy (non-hydrogen) atoms. The Kier molecular flexibility index (Phi) is 5.70. The number of morpholine rings is 1. The van der Waals surface area contributed by atoms with Crippen LogP contribution in [0, 0.1) is 6.92 Å². The molecule has 3 rings (SSSR count). The number of sulfonamides is 1. The summed E-state index contributed by atoms with van der Waals surface area (Å²) in [6, 6.07) is 14.2. The molecule has 0 unspecified atom stereocenters. The highest BCUT2D eigenvalue weighted by Gasteiger charge is 2.24. The monoisotopic (exact) mass is 374 g/mol. The van der Waals surface area contributed by atoms with E-state index >= 15 is 0 Å². The molecular formula is C19H22N2O4S. The van der Waals surface area contributed by atoms with Gasteiger partial charge in [0.25, 0.3) is 5.91 Å². The standard InChI is InChI=1S/C19H22N2O4S/c1-15-2-8-18(9-3-15)20-19(22)17-6-4-16(5-7-17)14-26(23,24)21-10-12-25-13-11-21/h2-9H,10-14H2,1H3,(H,20,22). The van der Waals surface area contributed by atoms with Gasteiger partial charge < -0.3 is 10.1 Å². The van der Waals surface area contributed by atoms with Gasteiger partial charge in [-0.3, -0.25) is 4.79 Å². The van der Waals surface area contributed by atoms with Crippen molar-refractivity contribution in [1.29, 1.82) is 0 Å². The Labute approximate surface area is 153 Å². The fraction of sp³-hybridized carbons (Fsp3) is 0.316. The van der Waals surface area contributed by atoms with Crippen LogP contribution in [-0.2, 0) is 20.5 Å². The number of ether oxygens (including phenoxy) is 1. The van der Waals surface area contributed by atoms with E-state index in [1.807, 2.05) is 31.2 Å². The van der Waals surface area contributed by atoms with Crippen molar-refractivity contribution in [3.05, 3.63) is 65.2 Å². The van der Waals surface area contributed by atoms with Crippen molar-refractivity contribution in [2.75, 3.05) is 31.6 Å². The number of anilines is 1. The lowest BCUT2D eigenvalue weighted by Crippen LogP contribution is -2.41. The van der Waals surface area contributed by atoms with Gasteiger partial charge in [0.15, 0.2) is 0 Å². The first-order chi connectivity index (χ1) is 12.4. The Bertz CT molecular complexity index is 855. The zero-order chi connectivity index (χ0) is 18.6. The highest BCUT2D eigenvalue weighted by Crippen LogP contribution is 2.15. The number of nitrogens with one attached hydrogen (secondary N) is 1. The summed E-state index contributed by atoms with van der Waals surface area (Å²) in [7, 11) is -3.37. The zero-order valence-corrected chi connectivity index (χ0v) is 15.5. The first-order valence-corrected chi connectivity index (χ1v) is 10.1. The second kappa shape index (κ2) is 7.99. The van der Waals surface area contributed by atoms with Crippen LogP contribution in [0.5, 0.6) is 0 Å². The summed E-state index contributed by atoms with van der Waals surface area (Å²) < 4.78 is 31.5. The van der Waals surface area contributed by atoms with E-state index in [1.165, 1.54) is 4.31 Å². The molecule has 1 aliphatic heterocycles. The van der Waals surface area contributed by atoms with E-state index in [0.29, 0.717) is 37.4 Å². The first kappa shape index (κ1) is 18.6. The molecule has 0 bridgehead atoms. The highest BCUT2D eigenvalue weighted by atomic mass is 32.2. The second-order valence-electron chi connectivity index (χ2n) is 6.28. The van der Waals surface area contributed by atoms with E-state index in [-0.39, 0.29) is 11.7 Å². The van der Waals surface area contributed by atoms with Gasteiger partial charge in [0.05, 0.1) is 19.0 Å². The Balaban J connectivity index is 1.64. The number of nitrogens with zero attached hydrogens (tertiary/aromatic N) is 1. The molecule has 1 amide bonds. The Morgan fingerprint density at radius 2 is 1.65 bits per heavy atom. The molecule has 0 radical (unpaired) electrons. The number of hydrogen-bond donors (Lipinski definition) is 1. The second-order valence-corrected chi connectivity index (χ2v) is 8.25. The molecule has 7 heteroatoms. The van der Waals surface area contributed by atoms with Crippen LogP contribution in [0.1, 0.15) is 21.5 Å². The van der Waals surface area contributed by atoms with Crippen molar-refractivity contribution < 1.29 is 17.9 Å². The molecule has 1 N–H and O–H groups in total. The van der Waals surface area contributed by atoms with Crippen LogP contribution in [0.4, 0.5) is 5.69 Å². The van der Waals surface area contributed by atoms with E-state index in [2.05, 4.69) is 5.32 Å². The third-order valence-electron chi connectivity index (χ3n) is 4.24. The van der Waals surface area contributed by atoms with E-state index in [1.54, 1.807) is 24.3 Å². The number of carbonyl (C=O) groups is 1. The average molecular weight is 374 g/mol. The number of rotatable bonds is 5. The van der Waals surface area contributed by atoms with E-state index in [4.69, 9.17) is 4.74 Å². The molecule has 6 nitrogen and oxygen atoms in total. The van der Waals surface area contributed by atoms with Gasteiger partial charge in [0.1, 0.15) is 0 Å². The van der Waals surface area contributed by atoms with E-state index < -0.39 is 10.0 Å². The molecule has 1 heterocycles. The lowest BCUT2D eigenvalue weighted by molar-refractivity contribution is 0.0729. The van der Waals surface area contributed by atoms with E-state index in [0.717, 1.165) is 11.3 Å². The van der Waals surface area contributed by atoms with Crippen molar-refractivity contribution in [1.82, 2.24) is 4.31 Å². The smallest absolute Gasteiger partial charge is 0.255 e. The molecule has 0 spiro atoms. The number of amides is 1. The van der Waals surface area contributed by atoms with Gasteiger partial charge >= 0.3 is 0 Å². The maximum atomic E-state index is 12.4. The third kappa shape index (κ3) is 4.69. The van der Waals surface area contributed by atoms with Crippen LogP contribution in [0.2, 0.25) is 0 Å². The molecule has 1 fully saturated rings. The predicted octanol–water partition coefficient (Wildman–Crippen LogP) is 2.41. The van der Waals surface area contributed by atoms with Gasteiger partial charge in [0, 0.05) is 24.3 Å². The highest BCUT2D eigenvalue weighted by molar-refractivity contribution is 7.88. The number of aryl methyl sites for hydroxylation is 1. The maximum Gasteiger partial charge on any atom is 0.255 e. The van der Waals surface area contributed by atoms with Gasteiger partial charge in [-0.15, -0.1) is 0 Å². The number of hydrogen-bond acceptors (Lipinski definition) is 4. The first-order valence-electron chi connectivity index (χ1n) is 8.46. The summed E-state index contributed by atoms with van der Waals surface area (Å²) >= 11 is 0. The van der Waals surface area contributed by atoms with Crippen molar-refractivity contribution in [2.24, 2.45) is 0 Å². The maximum absolute atomic E-state index is 12.4. The third-order valence-corrected chi connectivity index (χ3v) is 6.09. The van der Waals surface area contributed by atoms with Crippen LogP contribution < -0.4 is 5.32 Å². The normalized spacial score (nSPS) is 15.6. The summed E-state index contributed by atoms with van der Waals surface area (Å²) in [4.78, 5) is 12.3.